The fourth-order valence-corrected chi connectivity index (χ4v) is 2.41. The van der Waals surface area contributed by atoms with Crippen LogP contribution in [0.4, 0.5) is 4.79 Å². The van der Waals surface area contributed by atoms with Gasteiger partial charge in [-0.1, -0.05) is 13.8 Å². The number of methoxy groups -OCH3 is 1. The van der Waals surface area contributed by atoms with Gasteiger partial charge in [0.05, 0.1) is 12.0 Å². The molecule has 1 rings (SSSR count). The molecule has 0 spiro atoms. The van der Waals surface area contributed by atoms with Gasteiger partial charge in [-0.2, -0.15) is 0 Å². The predicted octanol–water partition coefficient (Wildman–Crippen LogP) is 1.51. The molecule has 1 aliphatic heterocycles. The number of carbonyl (C=O) groups excluding carboxylic acids is 1. The SMILES string of the molecule is COCCN(CC(C)C)C(=O)N1CCC(C)(C(=O)O)C1. The number of carbonyl (C=O) groups is 2. The van der Waals surface area contributed by atoms with E-state index >= 15 is 0 Å². The predicted molar refractivity (Wildman–Crippen MR) is 75.6 cm³/mol. The first kappa shape index (κ1) is 16.8. The number of likely N-dealkylation sites (tertiary alicyclic amines) is 1. The summed E-state index contributed by atoms with van der Waals surface area (Å²) < 4.78 is 5.04. The Labute approximate surface area is 120 Å². The third-order valence-electron chi connectivity index (χ3n) is 3.68. The van der Waals surface area contributed by atoms with Gasteiger partial charge >= 0.3 is 12.0 Å². The zero-order valence-corrected chi connectivity index (χ0v) is 12.9. The molecule has 0 saturated carbocycles. The van der Waals surface area contributed by atoms with E-state index in [1.807, 2.05) is 0 Å². The number of nitrogens with zero attached hydrogens (tertiary/aromatic N) is 2. The van der Waals surface area contributed by atoms with Gasteiger partial charge in [0.15, 0.2) is 0 Å². The van der Waals surface area contributed by atoms with E-state index in [4.69, 9.17) is 4.74 Å². The Kier molecular flexibility index (Phi) is 5.80. The van der Waals surface area contributed by atoms with E-state index in [2.05, 4.69) is 13.8 Å². The minimum absolute atomic E-state index is 0.0827. The van der Waals surface area contributed by atoms with Crippen LogP contribution in [0.1, 0.15) is 27.2 Å². The van der Waals surface area contributed by atoms with Crippen LogP contribution in [-0.4, -0.2) is 66.8 Å². The van der Waals surface area contributed by atoms with Crippen LogP contribution >= 0.6 is 0 Å². The Hall–Kier alpha value is -1.30. The molecule has 1 N–H and O–H groups in total. The van der Waals surface area contributed by atoms with Crippen molar-refractivity contribution < 1.29 is 19.4 Å². The number of carboxylic acid groups (broad SMARTS) is 1. The van der Waals surface area contributed by atoms with Gasteiger partial charge in [-0.3, -0.25) is 4.79 Å². The maximum Gasteiger partial charge on any atom is 0.320 e. The summed E-state index contributed by atoms with van der Waals surface area (Å²) in [5, 5.41) is 9.23. The molecular formula is C14H26N2O4. The van der Waals surface area contributed by atoms with Crippen LogP contribution in [0.5, 0.6) is 0 Å². The van der Waals surface area contributed by atoms with Crippen molar-refractivity contribution in [3.05, 3.63) is 0 Å². The van der Waals surface area contributed by atoms with E-state index < -0.39 is 11.4 Å². The number of rotatable bonds is 6. The molecule has 0 aromatic carbocycles. The molecule has 1 unspecified atom stereocenters. The van der Waals surface area contributed by atoms with E-state index in [-0.39, 0.29) is 12.6 Å². The van der Waals surface area contributed by atoms with E-state index in [9.17, 15) is 14.7 Å². The summed E-state index contributed by atoms with van der Waals surface area (Å²) in [7, 11) is 1.61. The molecule has 0 aromatic heterocycles. The van der Waals surface area contributed by atoms with Crippen LogP contribution in [0.2, 0.25) is 0 Å². The molecule has 1 fully saturated rings. The van der Waals surface area contributed by atoms with Crippen molar-refractivity contribution in [3.63, 3.8) is 0 Å². The van der Waals surface area contributed by atoms with Crippen LogP contribution in [0.15, 0.2) is 0 Å². The third-order valence-corrected chi connectivity index (χ3v) is 3.68. The van der Waals surface area contributed by atoms with Crippen molar-refractivity contribution in [2.24, 2.45) is 11.3 Å². The number of carboxylic acids is 1. The first-order chi connectivity index (χ1) is 9.30. The fraction of sp³-hybridized carbons (Fsp3) is 0.857. The highest BCUT2D eigenvalue weighted by Gasteiger charge is 2.43. The van der Waals surface area contributed by atoms with Crippen LogP contribution in [0.25, 0.3) is 0 Å². The summed E-state index contributed by atoms with van der Waals surface area (Å²) in [5.74, 6) is -0.468. The number of hydrogen-bond acceptors (Lipinski definition) is 3. The zero-order chi connectivity index (χ0) is 15.3. The third kappa shape index (κ3) is 4.10. The summed E-state index contributed by atoms with van der Waals surface area (Å²) in [6.45, 7) is 8.27. The second kappa shape index (κ2) is 6.92. The second-order valence-electron chi connectivity index (χ2n) is 6.15. The van der Waals surface area contributed by atoms with Crippen molar-refractivity contribution in [2.45, 2.75) is 27.2 Å². The van der Waals surface area contributed by atoms with Gasteiger partial charge in [0.25, 0.3) is 0 Å². The van der Waals surface area contributed by atoms with Crippen molar-refractivity contribution in [1.82, 2.24) is 9.80 Å². The number of ether oxygens (including phenoxy) is 1. The first-order valence-electron chi connectivity index (χ1n) is 7.06. The average molecular weight is 286 g/mol. The summed E-state index contributed by atoms with van der Waals surface area (Å²) >= 11 is 0. The topological polar surface area (TPSA) is 70.1 Å². The highest BCUT2D eigenvalue weighted by molar-refractivity contribution is 5.79. The van der Waals surface area contributed by atoms with Crippen molar-refractivity contribution in [3.8, 4) is 0 Å². The lowest BCUT2D eigenvalue weighted by atomic mass is 9.90. The molecule has 6 heteroatoms. The van der Waals surface area contributed by atoms with Crippen LogP contribution in [0.3, 0.4) is 0 Å². The zero-order valence-electron chi connectivity index (χ0n) is 12.9. The Bertz CT molecular complexity index is 359. The van der Waals surface area contributed by atoms with Gasteiger partial charge in [0.2, 0.25) is 0 Å². The van der Waals surface area contributed by atoms with Gasteiger partial charge in [0.1, 0.15) is 0 Å². The van der Waals surface area contributed by atoms with Crippen molar-refractivity contribution >= 4 is 12.0 Å². The first-order valence-corrected chi connectivity index (χ1v) is 7.06. The number of amides is 2. The smallest absolute Gasteiger partial charge is 0.320 e. The Morgan fingerprint density at radius 3 is 2.55 bits per heavy atom. The monoisotopic (exact) mass is 286 g/mol. The van der Waals surface area contributed by atoms with Gasteiger partial charge in [-0.25, -0.2) is 4.79 Å². The molecule has 0 radical (unpaired) electrons. The van der Waals surface area contributed by atoms with Crippen LogP contribution in [-0.2, 0) is 9.53 Å². The second-order valence-corrected chi connectivity index (χ2v) is 6.15. The molecule has 2 amide bonds. The number of aliphatic carboxylic acids is 1. The van der Waals surface area contributed by atoms with E-state index in [1.165, 1.54) is 0 Å². The highest BCUT2D eigenvalue weighted by atomic mass is 16.5. The van der Waals surface area contributed by atoms with E-state index in [1.54, 1.807) is 23.8 Å². The summed E-state index contributed by atoms with van der Waals surface area (Å²) in [6.07, 6.45) is 0.508. The van der Waals surface area contributed by atoms with E-state index in [0.29, 0.717) is 38.6 Å². The lowest BCUT2D eigenvalue weighted by Crippen LogP contribution is -2.46. The average Bonchev–Trinajstić information content (AvgIpc) is 2.77. The quantitative estimate of drug-likeness (QED) is 0.803. The maximum atomic E-state index is 12.5. The van der Waals surface area contributed by atoms with Gasteiger partial charge in [-0.05, 0) is 19.3 Å². The minimum atomic E-state index is -0.833. The minimum Gasteiger partial charge on any atom is -0.481 e. The van der Waals surface area contributed by atoms with Gasteiger partial charge in [0, 0.05) is 33.3 Å². The molecule has 1 atom stereocenters. The molecule has 0 aromatic rings. The van der Waals surface area contributed by atoms with Crippen LogP contribution < -0.4 is 0 Å². The molecule has 20 heavy (non-hydrogen) atoms. The lowest BCUT2D eigenvalue weighted by molar-refractivity contribution is -0.147. The van der Waals surface area contributed by atoms with Crippen molar-refractivity contribution in [2.75, 3.05) is 39.9 Å². The Morgan fingerprint density at radius 1 is 1.45 bits per heavy atom. The molecule has 1 heterocycles. The lowest BCUT2D eigenvalue weighted by Gasteiger charge is -2.30. The molecule has 0 bridgehead atoms. The fourth-order valence-electron chi connectivity index (χ4n) is 2.41. The van der Waals surface area contributed by atoms with E-state index in [0.717, 1.165) is 0 Å². The maximum absolute atomic E-state index is 12.5. The standard InChI is InChI=1S/C14H26N2O4/c1-11(2)9-15(7-8-20-4)13(19)16-6-5-14(3,10-16)12(17)18/h11H,5-10H2,1-4H3,(H,17,18). The summed E-state index contributed by atoms with van der Waals surface area (Å²) in [6, 6.07) is -0.0827. The van der Waals surface area contributed by atoms with Gasteiger partial charge in [-0.15, -0.1) is 0 Å². The number of hydrogen-bond donors (Lipinski definition) is 1. The largest absolute Gasteiger partial charge is 0.481 e. The summed E-state index contributed by atoms with van der Waals surface area (Å²) in [4.78, 5) is 27.1. The molecule has 116 valence electrons. The Morgan fingerprint density at radius 2 is 2.10 bits per heavy atom. The molecule has 6 nitrogen and oxygen atoms in total. The van der Waals surface area contributed by atoms with Gasteiger partial charge < -0.3 is 19.6 Å². The van der Waals surface area contributed by atoms with Crippen LogP contribution in [0, 0.1) is 11.3 Å². The highest BCUT2D eigenvalue weighted by Crippen LogP contribution is 2.30. The summed E-state index contributed by atoms with van der Waals surface area (Å²) in [5.41, 5.74) is -0.819. The molecule has 1 saturated heterocycles. The molecular weight excluding hydrogens is 260 g/mol. The normalized spacial score (nSPS) is 22.4. The Balaban J connectivity index is 2.68. The number of urea groups is 1. The molecule has 1 aliphatic rings. The molecule has 0 aliphatic carbocycles. The van der Waals surface area contributed by atoms with Crippen molar-refractivity contribution in [1.29, 1.82) is 0 Å².